The molecule has 1 aliphatic carbocycles. The van der Waals surface area contributed by atoms with Crippen molar-refractivity contribution in [1.29, 1.82) is 0 Å². The van der Waals surface area contributed by atoms with Crippen LogP contribution in [0, 0.1) is 3.57 Å². The van der Waals surface area contributed by atoms with Crippen molar-refractivity contribution in [3.05, 3.63) is 62.7 Å². The maximum Gasteiger partial charge on any atom is 0.436 e. The van der Waals surface area contributed by atoms with Crippen LogP contribution in [0.5, 0.6) is 0 Å². The number of aryl methyl sites for hydroxylation is 1. The summed E-state index contributed by atoms with van der Waals surface area (Å²) in [5, 5.41) is 10.0. The zero-order chi connectivity index (χ0) is 31.9. The Labute approximate surface area is 258 Å². The van der Waals surface area contributed by atoms with Gasteiger partial charge in [-0.3, -0.25) is 4.79 Å². The second-order valence-electron chi connectivity index (χ2n) is 9.80. The Kier molecular flexibility index (Phi) is 8.22. The zero-order valence-electron chi connectivity index (χ0n) is 20.5. The molecule has 1 amide bonds. The van der Waals surface area contributed by atoms with Gasteiger partial charge in [-0.15, -0.1) is 0 Å². The highest BCUT2D eigenvalue weighted by Crippen LogP contribution is 2.57. The number of amides is 1. The van der Waals surface area contributed by atoms with E-state index in [9.17, 15) is 62.2 Å². The van der Waals surface area contributed by atoms with E-state index in [0.717, 1.165) is 12.1 Å². The summed E-state index contributed by atoms with van der Waals surface area (Å²) >= 11 is 2.32. The molecule has 42 heavy (non-hydrogen) atoms. The fourth-order valence-corrected chi connectivity index (χ4v) is 8.65. The Morgan fingerprint density at radius 1 is 0.905 bits per heavy atom. The molecule has 0 spiro atoms. The predicted molar refractivity (Wildman–Crippen MR) is 143 cm³/mol. The van der Waals surface area contributed by atoms with Gasteiger partial charge in [-0.05, 0) is 99.8 Å². The summed E-state index contributed by atoms with van der Waals surface area (Å²) in [5.74, 6) is -1.89. The van der Waals surface area contributed by atoms with Crippen molar-refractivity contribution in [3.63, 3.8) is 0 Å². The molecule has 5 nitrogen and oxygen atoms in total. The molecule has 0 saturated carbocycles. The molecule has 3 atom stereocenters. The van der Waals surface area contributed by atoms with Crippen molar-refractivity contribution in [1.82, 2.24) is 4.90 Å². The molecule has 2 aromatic rings. The van der Waals surface area contributed by atoms with Gasteiger partial charge in [0.25, 0.3) is 9.51 Å². The first-order valence-electron chi connectivity index (χ1n) is 11.7. The summed E-state index contributed by atoms with van der Waals surface area (Å²) in [4.78, 5) is 13.1. The average Bonchev–Trinajstić information content (AvgIpc) is 3.27. The lowest BCUT2D eigenvalue weighted by molar-refractivity contribution is -0.348. The molecule has 0 unspecified atom stereocenters. The number of hydrogen-bond acceptors (Lipinski definition) is 4. The first-order valence-corrected chi connectivity index (χ1v) is 15.3. The van der Waals surface area contributed by atoms with Crippen LogP contribution in [-0.4, -0.2) is 59.1 Å². The third-order valence-electron chi connectivity index (χ3n) is 7.59. The van der Waals surface area contributed by atoms with Crippen molar-refractivity contribution in [2.75, 3.05) is 6.54 Å². The molecular formula is C24H17F10I2NO4S. The Morgan fingerprint density at radius 2 is 1.45 bits per heavy atom. The van der Waals surface area contributed by atoms with Gasteiger partial charge in [0.1, 0.15) is 4.75 Å². The molecule has 2 aromatic carbocycles. The summed E-state index contributed by atoms with van der Waals surface area (Å²) in [6.45, 7) is -0.659. The monoisotopic (exact) mass is 859 g/mol. The number of fused-ring (bicyclic) bond motifs is 3. The summed E-state index contributed by atoms with van der Waals surface area (Å²) in [6.07, 6.45) is -20.0. The second-order valence-corrected chi connectivity index (χ2v) is 14.8. The molecule has 18 heteroatoms. The lowest BCUT2D eigenvalue weighted by Crippen LogP contribution is -2.58. The van der Waals surface area contributed by atoms with E-state index < -0.39 is 91.3 Å². The minimum atomic E-state index is -6.44. The summed E-state index contributed by atoms with van der Waals surface area (Å²) in [6, 6.07) is 4.43. The minimum absolute atomic E-state index is 0.141. The first kappa shape index (κ1) is 33.5. The van der Waals surface area contributed by atoms with E-state index in [1.807, 2.05) is 22.6 Å². The molecule has 0 bridgehead atoms. The molecular weight excluding hydrogens is 842 g/mol. The number of likely N-dealkylation sites (tertiary alicyclic amines) is 1. The molecule has 1 N–H and O–H groups in total. The molecule has 1 fully saturated rings. The van der Waals surface area contributed by atoms with Crippen LogP contribution in [0.25, 0.3) is 0 Å². The van der Waals surface area contributed by atoms with E-state index >= 15 is 0 Å². The molecule has 1 saturated heterocycles. The van der Waals surface area contributed by atoms with Crippen LogP contribution in [0.15, 0.2) is 47.4 Å². The van der Waals surface area contributed by atoms with Gasteiger partial charge in [0, 0.05) is 15.7 Å². The van der Waals surface area contributed by atoms with E-state index in [-0.39, 0.29) is 22.6 Å². The average molecular weight is 859 g/mol. The smallest absolute Gasteiger partial charge is 0.364 e. The Bertz CT molecular complexity index is 1490. The summed E-state index contributed by atoms with van der Waals surface area (Å²) in [7, 11) is -4.74. The van der Waals surface area contributed by atoms with Crippen LogP contribution < -0.4 is 0 Å². The number of alkyl halides is 11. The van der Waals surface area contributed by atoms with Crippen LogP contribution in [0.2, 0.25) is 0 Å². The number of sulfone groups is 1. The molecule has 232 valence electrons. The van der Waals surface area contributed by atoms with E-state index in [1.165, 1.54) is 12.1 Å². The maximum absolute atomic E-state index is 14.9. The quantitative estimate of drug-likeness (QED) is 0.217. The van der Waals surface area contributed by atoms with Gasteiger partial charge in [-0.25, -0.2) is 12.8 Å². The lowest BCUT2D eigenvalue weighted by atomic mass is 9.76. The number of nitrogens with zero attached hydrogens (tertiary/aromatic N) is 1. The largest absolute Gasteiger partial charge is 0.436 e. The number of benzene rings is 2. The summed E-state index contributed by atoms with van der Waals surface area (Å²) in [5.41, 5.74) is -8.46. The SMILES string of the molecule is O=C(N1CC[C@@]2(S(=O)(=O)c3ccc(I)cc3)c3ccc(C(F)(C(F)(F)F)C(F)(F)F)cc3CC[C@@H]12)[C@](O)(I)C(F)(F)F. The Morgan fingerprint density at radius 3 is 1.95 bits per heavy atom. The van der Waals surface area contributed by atoms with Gasteiger partial charge in [0.2, 0.25) is 0 Å². The van der Waals surface area contributed by atoms with Crippen molar-refractivity contribution in [3.8, 4) is 0 Å². The van der Waals surface area contributed by atoms with E-state index in [1.54, 1.807) is 0 Å². The van der Waals surface area contributed by atoms with Crippen LogP contribution in [0.3, 0.4) is 0 Å². The van der Waals surface area contributed by atoms with E-state index in [2.05, 4.69) is 0 Å². The Hall–Kier alpha value is -1.42. The molecule has 2 aliphatic rings. The number of halogens is 12. The maximum atomic E-state index is 14.9. The molecule has 1 heterocycles. The highest BCUT2D eigenvalue weighted by molar-refractivity contribution is 14.1. The third-order valence-corrected chi connectivity index (χ3v) is 11.9. The van der Waals surface area contributed by atoms with Crippen molar-refractivity contribution < 1.29 is 62.2 Å². The van der Waals surface area contributed by atoms with Gasteiger partial charge >= 0.3 is 24.2 Å². The van der Waals surface area contributed by atoms with Gasteiger partial charge in [-0.2, -0.15) is 39.5 Å². The van der Waals surface area contributed by atoms with Gasteiger partial charge in [0.05, 0.1) is 10.9 Å². The molecule has 0 aromatic heterocycles. The van der Waals surface area contributed by atoms with Crippen LogP contribution in [0.1, 0.15) is 29.5 Å². The van der Waals surface area contributed by atoms with Gasteiger partial charge in [-0.1, -0.05) is 18.2 Å². The minimum Gasteiger partial charge on any atom is -0.364 e. The topological polar surface area (TPSA) is 74.7 Å². The molecule has 0 radical (unpaired) electrons. The predicted octanol–water partition coefficient (Wildman–Crippen LogP) is 6.48. The highest BCUT2D eigenvalue weighted by atomic mass is 127. The van der Waals surface area contributed by atoms with Crippen molar-refractivity contribution in [2.45, 2.75) is 62.8 Å². The van der Waals surface area contributed by atoms with Crippen LogP contribution in [-0.2, 0) is 31.5 Å². The summed E-state index contributed by atoms with van der Waals surface area (Å²) < 4.78 is 159. The fraction of sp³-hybridized carbons (Fsp3) is 0.458. The number of rotatable bonds is 4. The number of hydrogen-bond donors (Lipinski definition) is 1. The van der Waals surface area contributed by atoms with Crippen molar-refractivity contribution in [2.24, 2.45) is 0 Å². The fourth-order valence-electron chi connectivity index (χ4n) is 5.61. The number of carbonyl (C=O) groups excluding carboxylic acids is 1. The molecule has 1 aliphatic heterocycles. The number of carbonyl (C=O) groups is 1. The second kappa shape index (κ2) is 10.3. The van der Waals surface area contributed by atoms with Crippen molar-refractivity contribution >= 4 is 60.9 Å². The molecule has 4 rings (SSSR count). The highest BCUT2D eigenvalue weighted by Gasteiger charge is 2.74. The first-order chi connectivity index (χ1) is 18.9. The Balaban J connectivity index is 1.97. The van der Waals surface area contributed by atoms with E-state index in [4.69, 9.17) is 0 Å². The van der Waals surface area contributed by atoms with Crippen LogP contribution in [0.4, 0.5) is 43.9 Å². The lowest BCUT2D eigenvalue weighted by Gasteiger charge is -2.44. The zero-order valence-corrected chi connectivity index (χ0v) is 25.6. The normalized spacial score (nSPS) is 23.3. The van der Waals surface area contributed by atoms with Gasteiger partial charge < -0.3 is 10.0 Å². The van der Waals surface area contributed by atoms with Gasteiger partial charge in [0.15, 0.2) is 9.84 Å². The number of aliphatic hydroxyl groups is 1. The van der Waals surface area contributed by atoms with Crippen LogP contribution >= 0.6 is 45.2 Å². The van der Waals surface area contributed by atoms with E-state index in [0.29, 0.717) is 37.1 Å². The standard InChI is InChI=1S/C24H17F10I2NO4S/c25-20(22(26,27)28,23(29,30)31)13-2-7-16-12(11-13)1-8-17-19(16,42(40,41)15-5-3-14(35)4-6-15)9-10-37(17)18(38)21(36,39)24(32,33)34/h2-7,11,17,39H,1,8-10H2/t17-,19-,21-/m1/s1. The third kappa shape index (κ3) is 4.80.